The maximum atomic E-state index is 10.9. The topological polar surface area (TPSA) is 130 Å². The van der Waals surface area contributed by atoms with Crippen LogP contribution in [0.2, 0.25) is 0 Å². The molecule has 4 N–H and O–H groups in total. The first-order chi connectivity index (χ1) is 8.17. The summed E-state index contributed by atoms with van der Waals surface area (Å²) in [6.07, 6.45) is -0.650. The van der Waals surface area contributed by atoms with Crippen LogP contribution in [0.5, 0.6) is 0 Å². The lowest BCUT2D eigenvalue weighted by molar-refractivity contribution is -0.102. The molecule has 17 heavy (non-hydrogen) atoms. The second-order valence-corrected chi connectivity index (χ2v) is 3.53. The lowest BCUT2D eigenvalue weighted by Gasteiger charge is -1.99. The number of carbonyl (C=O) groups is 2. The monoisotopic (exact) mass is 258 g/mol. The Morgan fingerprint density at radius 1 is 1.65 bits per heavy atom. The summed E-state index contributed by atoms with van der Waals surface area (Å²) in [6.45, 7) is 0.177. The molecule has 0 radical (unpaired) electrons. The number of thiazole rings is 1. The summed E-state index contributed by atoms with van der Waals surface area (Å²) in [5.41, 5.74) is 10.6. The fraction of sp³-hybridized carbons (Fsp3) is 0.250. The van der Waals surface area contributed by atoms with Crippen molar-refractivity contribution in [3.8, 4) is 0 Å². The highest BCUT2D eigenvalue weighted by molar-refractivity contribution is 7.13. The number of oxime groups is 1. The van der Waals surface area contributed by atoms with Crippen molar-refractivity contribution in [3.05, 3.63) is 11.1 Å². The largest absolute Gasteiger partial charge is 0.535 e. The van der Waals surface area contributed by atoms with Crippen LogP contribution in [0.1, 0.15) is 5.69 Å². The molecule has 0 aliphatic heterocycles. The molecular weight excluding hydrogens is 248 g/mol. The Balaban J connectivity index is 2.62. The summed E-state index contributed by atoms with van der Waals surface area (Å²) in [5.74, 6) is 0. The van der Waals surface area contributed by atoms with Crippen LogP contribution in [0, 0.1) is 0 Å². The van der Waals surface area contributed by atoms with Gasteiger partial charge in [0.2, 0.25) is 0 Å². The Labute approximate surface area is 100 Å². The Bertz CT molecular complexity index is 431. The van der Waals surface area contributed by atoms with E-state index in [1.54, 1.807) is 0 Å². The Hall–Kier alpha value is -2.00. The van der Waals surface area contributed by atoms with Gasteiger partial charge in [0.15, 0.2) is 17.1 Å². The molecule has 0 spiro atoms. The van der Waals surface area contributed by atoms with E-state index >= 15 is 0 Å². The van der Waals surface area contributed by atoms with Gasteiger partial charge in [-0.25, -0.2) is 9.78 Å². The number of nitrogens with zero attached hydrogens (tertiary/aromatic N) is 2. The highest BCUT2D eigenvalue weighted by Gasteiger charge is 2.09. The Morgan fingerprint density at radius 3 is 2.94 bits per heavy atom. The van der Waals surface area contributed by atoms with Crippen LogP contribution in [0.15, 0.2) is 10.5 Å². The molecule has 0 saturated heterocycles. The average Bonchev–Trinajstić information content (AvgIpc) is 2.74. The zero-order valence-corrected chi connectivity index (χ0v) is 9.48. The normalized spacial score (nSPS) is 11.0. The van der Waals surface area contributed by atoms with Gasteiger partial charge < -0.3 is 16.2 Å². The Kier molecular flexibility index (Phi) is 5.04. The fourth-order valence-corrected chi connectivity index (χ4v) is 1.35. The number of rotatable bonds is 5. The summed E-state index contributed by atoms with van der Waals surface area (Å²) in [4.78, 5) is 29.7. The van der Waals surface area contributed by atoms with E-state index in [4.69, 9.17) is 11.5 Å². The number of ether oxygens (including phenoxy) is 1. The highest BCUT2D eigenvalue weighted by Crippen LogP contribution is 2.11. The van der Waals surface area contributed by atoms with E-state index in [0.29, 0.717) is 6.29 Å². The van der Waals surface area contributed by atoms with Crippen LogP contribution in [0.25, 0.3) is 0 Å². The van der Waals surface area contributed by atoms with Gasteiger partial charge in [-0.1, -0.05) is 5.16 Å². The maximum absolute atomic E-state index is 10.9. The maximum Gasteiger partial charge on any atom is 0.535 e. The van der Waals surface area contributed by atoms with Crippen LogP contribution < -0.4 is 11.5 Å². The molecule has 0 atom stereocenters. The van der Waals surface area contributed by atoms with E-state index in [1.165, 1.54) is 5.38 Å². The molecule has 0 aliphatic carbocycles. The summed E-state index contributed by atoms with van der Waals surface area (Å²) in [6, 6.07) is 0. The molecule has 0 unspecified atom stereocenters. The van der Waals surface area contributed by atoms with Crippen molar-refractivity contribution in [2.45, 2.75) is 0 Å². The lowest BCUT2D eigenvalue weighted by Crippen LogP contribution is -2.14. The zero-order chi connectivity index (χ0) is 12.7. The Morgan fingerprint density at radius 2 is 2.41 bits per heavy atom. The fourth-order valence-electron chi connectivity index (χ4n) is 0.789. The van der Waals surface area contributed by atoms with Gasteiger partial charge in [-0.3, -0.25) is 9.63 Å². The van der Waals surface area contributed by atoms with Gasteiger partial charge in [-0.15, -0.1) is 11.3 Å². The van der Waals surface area contributed by atoms with Crippen LogP contribution in [0.4, 0.5) is 9.93 Å². The molecule has 0 aromatic carbocycles. The number of carbonyl (C=O) groups excluding carboxylic acids is 2. The molecule has 1 aromatic rings. The molecular formula is C8H10N4O4S. The summed E-state index contributed by atoms with van der Waals surface area (Å²) < 4.78 is 4.48. The number of nitrogens with two attached hydrogens (primary N) is 2. The zero-order valence-electron chi connectivity index (χ0n) is 8.66. The van der Waals surface area contributed by atoms with Gasteiger partial charge in [-0.2, -0.15) is 0 Å². The van der Waals surface area contributed by atoms with E-state index in [-0.39, 0.29) is 29.7 Å². The number of aromatic nitrogens is 1. The van der Waals surface area contributed by atoms with Crippen LogP contribution in [-0.2, 0) is 14.4 Å². The van der Waals surface area contributed by atoms with E-state index in [1.807, 2.05) is 0 Å². The van der Waals surface area contributed by atoms with Gasteiger partial charge in [0.05, 0.1) is 0 Å². The minimum Gasteiger partial charge on any atom is -0.431 e. The van der Waals surface area contributed by atoms with Crippen molar-refractivity contribution in [3.63, 3.8) is 0 Å². The molecule has 9 heteroatoms. The van der Waals surface area contributed by atoms with Crippen LogP contribution >= 0.6 is 11.3 Å². The van der Waals surface area contributed by atoms with Crippen molar-refractivity contribution < 1.29 is 19.2 Å². The SMILES string of the molecule is NCCOC(=O)ON=C(C=O)c1csc(N)n1. The number of hydrogen-bond donors (Lipinski definition) is 2. The molecule has 0 bridgehead atoms. The predicted octanol–water partition coefficient (Wildman–Crippen LogP) is -0.260. The first kappa shape index (κ1) is 13.1. The van der Waals surface area contributed by atoms with Gasteiger partial charge in [0, 0.05) is 11.9 Å². The second kappa shape index (κ2) is 6.55. The molecule has 0 amide bonds. The third-order valence-electron chi connectivity index (χ3n) is 1.45. The van der Waals surface area contributed by atoms with Crippen molar-refractivity contribution in [1.82, 2.24) is 4.98 Å². The van der Waals surface area contributed by atoms with E-state index in [2.05, 4.69) is 19.7 Å². The van der Waals surface area contributed by atoms with Crippen molar-refractivity contribution in [2.75, 3.05) is 18.9 Å². The summed E-state index contributed by atoms with van der Waals surface area (Å²) in [5, 5.41) is 5.09. The van der Waals surface area contributed by atoms with E-state index < -0.39 is 6.16 Å². The highest BCUT2D eigenvalue weighted by atomic mass is 32.1. The first-order valence-electron chi connectivity index (χ1n) is 4.45. The number of anilines is 1. The van der Waals surface area contributed by atoms with Gasteiger partial charge in [0.25, 0.3) is 0 Å². The summed E-state index contributed by atoms with van der Waals surface area (Å²) in [7, 11) is 0. The average molecular weight is 258 g/mol. The molecule has 1 heterocycles. The van der Waals surface area contributed by atoms with Crippen molar-refractivity contribution >= 4 is 34.6 Å². The molecule has 1 rings (SSSR count). The van der Waals surface area contributed by atoms with Crippen LogP contribution in [0.3, 0.4) is 0 Å². The minimum atomic E-state index is -1.04. The minimum absolute atomic E-state index is 0.00836. The molecule has 0 fully saturated rings. The number of hydrogen-bond acceptors (Lipinski definition) is 9. The van der Waals surface area contributed by atoms with Crippen LogP contribution in [-0.4, -0.2) is 36.3 Å². The van der Waals surface area contributed by atoms with Crippen molar-refractivity contribution in [1.29, 1.82) is 0 Å². The molecule has 92 valence electrons. The second-order valence-electron chi connectivity index (χ2n) is 2.64. The third kappa shape index (κ3) is 4.17. The van der Waals surface area contributed by atoms with Gasteiger partial charge in [0.1, 0.15) is 12.3 Å². The predicted molar refractivity (Wildman–Crippen MR) is 60.6 cm³/mol. The lowest BCUT2D eigenvalue weighted by atomic mass is 10.3. The quantitative estimate of drug-likeness (QED) is 0.244. The first-order valence-corrected chi connectivity index (χ1v) is 5.33. The summed E-state index contributed by atoms with van der Waals surface area (Å²) >= 11 is 1.13. The third-order valence-corrected chi connectivity index (χ3v) is 2.13. The number of nitrogen functional groups attached to an aromatic ring is 1. The molecule has 8 nitrogen and oxygen atoms in total. The molecule has 0 aliphatic rings. The standard InChI is InChI=1S/C8H10N4O4S/c9-1-2-15-8(14)16-12-5(3-13)6-4-17-7(10)11-6/h3-4H,1-2,9H2,(H2,10,11). The van der Waals surface area contributed by atoms with E-state index in [0.717, 1.165) is 11.3 Å². The van der Waals surface area contributed by atoms with Gasteiger partial charge >= 0.3 is 6.16 Å². The van der Waals surface area contributed by atoms with Gasteiger partial charge in [-0.05, 0) is 0 Å². The van der Waals surface area contributed by atoms with E-state index in [9.17, 15) is 9.59 Å². The van der Waals surface area contributed by atoms with Crippen molar-refractivity contribution in [2.24, 2.45) is 10.9 Å². The number of aldehydes is 1. The molecule has 0 saturated carbocycles. The molecule has 1 aromatic heterocycles. The smallest absolute Gasteiger partial charge is 0.431 e.